The topological polar surface area (TPSA) is 79.9 Å². The van der Waals surface area contributed by atoms with Crippen LogP contribution in [0.25, 0.3) is 0 Å². The maximum atomic E-state index is 10.0. The monoisotopic (exact) mass is 312 g/mol. The smallest absolute Gasteiger partial charge is 0 e. The van der Waals surface area contributed by atoms with Crippen molar-refractivity contribution < 1.29 is 35.1 Å². The Bertz CT molecular complexity index is 276. The first-order chi connectivity index (χ1) is 7.92. The van der Waals surface area contributed by atoms with E-state index in [1.165, 1.54) is 0 Å². The first-order valence-electron chi connectivity index (χ1n) is 4.55. The van der Waals surface area contributed by atoms with E-state index in [1.54, 1.807) is 0 Å². The molecule has 104 valence electrons. The molecule has 0 N–H and O–H groups in total. The Morgan fingerprint density at radius 3 is 1.56 bits per heavy atom. The van der Waals surface area contributed by atoms with Gasteiger partial charge in [0.2, 0.25) is 0 Å². The summed E-state index contributed by atoms with van der Waals surface area (Å²) in [6.45, 7) is 14.7. The molecule has 1 aromatic carbocycles. The van der Waals surface area contributed by atoms with E-state index in [1.807, 2.05) is 51.1 Å². The Morgan fingerprint density at radius 1 is 1.17 bits per heavy atom. The van der Waals surface area contributed by atoms with Crippen molar-refractivity contribution in [3.8, 4) is 0 Å². The maximum absolute atomic E-state index is 10.0. The molecule has 6 heteroatoms. The van der Waals surface area contributed by atoms with Crippen LogP contribution in [0.15, 0.2) is 30.3 Å². The minimum atomic E-state index is -1.89. The van der Waals surface area contributed by atoms with Crippen LogP contribution in [0.3, 0.4) is 0 Å². The molecule has 1 unspecified atom stereocenters. The number of rotatable bonds is 1. The van der Waals surface area contributed by atoms with Crippen molar-refractivity contribution in [1.29, 1.82) is 0 Å². The Morgan fingerprint density at radius 2 is 1.50 bits per heavy atom. The van der Waals surface area contributed by atoms with Gasteiger partial charge in [-0.25, -0.2) is 12.1 Å². The molecule has 0 aliphatic rings. The summed E-state index contributed by atoms with van der Waals surface area (Å²) in [4.78, 5) is 0. The van der Waals surface area contributed by atoms with Crippen molar-refractivity contribution in [3.05, 3.63) is 43.6 Å². The van der Waals surface area contributed by atoms with Crippen molar-refractivity contribution in [2.45, 2.75) is 20.8 Å². The van der Waals surface area contributed by atoms with Gasteiger partial charge in [-0.05, 0) is 5.41 Å². The molecule has 0 heterocycles. The van der Waals surface area contributed by atoms with Crippen molar-refractivity contribution in [3.63, 3.8) is 0 Å². The number of hydrogen-bond donors (Lipinski definition) is 0. The zero-order valence-corrected chi connectivity index (χ0v) is 12.4. The van der Waals surface area contributed by atoms with Crippen molar-refractivity contribution >= 4 is 11.1 Å². The first kappa shape index (κ1) is 26.1. The largest absolute Gasteiger partial charge is 0.214 e. The van der Waals surface area contributed by atoms with Crippen LogP contribution in [-0.2, 0) is 37.5 Å². The van der Waals surface area contributed by atoms with Crippen LogP contribution in [0.5, 0.6) is 0 Å². The summed E-state index contributed by atoms with van der Waals surface area (Å²) in [5.41, 5.74) is -0.0907. The van der Waals surface area contributed by atoms with E-state index in [2.05, 4.69) is 13.3 Å². The van der Waals surface area contributed by atoms with E-state index in [0.717, 1.165) is 0 Å². The van der Waals surface area contributed by atoms with E-state index in [4.69, 9.17) is 9.30 Å². The molecule has 0 radical (unpaired) electrons. The fourth-order valence-electron chi connectivity index (χ4n) is 0.674. The molecule has 0 spiro atoms. The third kappa shape index (κ3) is 36.1. The fourth-order valence-corrected chi connectivity index (χ4v) is 1.38. The Kier molecular flexibility index (Phi) is 27.3. The van der Waals surface area contributed by atoms with Gasteiger partial charge in [-0.2, -0.15) is 18.2 Å². The molecule has 0 saturated carbocycles. The summed E-state index contributed by atoms with van der Waals surface area (Å²) in [6, 6.07) is 10.0. The van der Waals surface area contributed by atoms with Crippen LogP contribution in [0.2, 0.25) is 0 Å². The van der Waals surface area contributed by atoms with Crippen LogP contribution >= 0.6 is 0 Å². The minimum absolute atomic E-state index is 0. The first-order valence-corrected chi connectivity index (χ1v) is 5.79. The second-order valence-electron chi connectivity index (χ2n) is 3.97. The maximum Gasteiger partial charge on any atom is 0 e. The molecule has 18 heavy (non-hydrogen) atoms. The van der Waals surface area contributed by atoms with Gasteiger partial charge in [0.15, 0.2) is 0 Å². The minimum Gasteiger partial charge on any atom is -0.214 e. The van der Waals surface area contributed by atoms with Crippen LogP contribution in [0, 0.1) is 18.7 Å². The second kappa shape index (κ2) is 18.8. The summed E-state index contributed by atoms with van der Waals surface area (Å²) in [6.07, 6.45) is 0. The van der Waals surface area contributed by atoms with E-state index >= 15 is 0 Å². The molecule has 0 aromatic heterocycles. The molecule has 1 rings (SSSR count). The van der Waals surface area contributed by atoms with Crippen LogP contribution in [0.4, 0.5) is 0 Å². The third-order valence-electron chi connectivity index (χ3n) is 1.11. The fraction of sp³-hybridized carbons (Fsp3) is 0.417. The quantitative estimate of drug-likeness (QED) is 0.345. The molecule has 0 saturated heterocycles. The normalized spacial score (nSPS) is 9.56. The van der Waals surface area contributed by atoms with Gasteiger partial charge in [0.05, 0.1) is 0 Å². The second-order valence-corrected chi connectivity index (χ2v) is 4.87. The molecule has 0 bridgehead atoms. The molecular formula is C12H16FeO4S-2. The summed E-state index contributed by atoms with van der Waals surface area (Å²) in [7, 11) is 0. The predicted octanol–water partition coefficient (Wildman–Crippen LogP) is 2.24. The summed E-state index contributed by atoms with van der Waals surface area (Å²) in [5, 5.41) is 0. The van der Waals surface area contributed by atoms with Gasteiger partial charge in [0.1, 0.15) is 0 Å². The zero-order chi connectivity index (χ0) is 14.3. The predicted molar refractivity (Wildman–Crippen MR) is 63.1 cm³/mol. The van der Waals surface area contributed by atoms with Crippen LogP contribution in [-0.4, -0.2) is 14.5 Å². The van der Waals surface area contributed by atoms with Gasteiger partial charge in [0.25, 0.3) is 0 Å². The summed E-state index contributed by atoms with van der Waals surface area (Å²) in [5.74, 6) is 0.243. The van der Waals surface area contributed by atoms with Crippen LogP contribution < -0.4 is 0 Å². The van der Waals surface area contributed by atoms with Crippen molar-refractivity contribution in [2.24, 2.45) is 5.41 Å². The Labute approximate surface area is 122 Å². The van der Waals surface area contributed by atoms with Crippen molar-refractivity contribution in [1.82, 2.24) is 0 Å². The van der Waals surface area contributed by atoms with Gasteiger partial charge in [-0.3, -0.25) is 4.21 Å². The number of hydrogen-bond acceptors (Lipinski definition) is 2. The van der Waals surface area contributed by atoms with Gasteiger partial charge in [0, 0.05) is 22.8 Å². The molecule has 1 aromatic rings. The average Bonchev–Trinajstić information content (AvgIpc) is 2.78. The zero-order valence-electron chi connectivity index (χ0n) is 10.5. The van der Waals surface area contributed by atoms with Crippen LogP contribution in [0.1, 0.15) is 20.8 Å². The summed E-state index contributed by atoms with van der Waals surface area (Å²) >= 11 is -1.89. The molecule has 0 aliphatic carbocycles. The Hall–Kier alpha value is -0.541. The van der Waals surface area contributed by atoms with E-state index < -0.39 is 11.1 Å². The average molecular weight is 312 g/mol. The van der Waals surface area contributed by atoms with Crippen molar-refractivity contribution in [2.75, 3.05) is 5.75 Å². The molecular weight excluding hydrogens is 296 g/mol. The van der Waals surface area contributed by atoms with Gasteiger partial charge >= 0.3 is 22.6 Å². The third-order valence-corrected chi connectivity index (χ3v) is 2.21. The molecule has 1 atom stereocenters. The standard InChI is InChI=1S/C5H12O2S.C5H5.2CO.Fe/c1-5(2,3)4-8(6)7;1-2-4-5-3-1;2*1-2;/h4H2,1-3H3,(H,6,7);1-5H;;;/q;-1;;;/p-1. The molecule has 0 aliphatic heterocycles. The van der Waals surface area contributed by atoms with E-state index in [-0.39, 0.29) is 28.2 Å². The van der Waals surface area contributed by atoms with Gasteiger partial charge in [-0.15, -0.1) is 0 Å². The Balaban J connectivity index is -0.0000000847. The van der Waals surface area contributed by atoms with E-state index in [9.17, 15) is 8.76 Å². The van der Waals surface area contributed by atoms with Gasteiger partial charge < -0.3 is 4.55 Å². The SMILES string of the molecule is CC(C)(C)CS(=O)[O-].[C-]#[O+].[C-]#[O+].[Fe].c1cc[cH-]c1. The summed E-state index contributed by atoms with van der Waals surface area (Å²) < 4.78 is 35.0. The molecule has 0 amide bonds. The molecule has 4 nitrogen and oxygen atoms in total. The molecule has 0 fully saturated rings. The van der Waals surface area contributed by atoms with Gasteiger partial charge in [-0.1, -0.05) is 31.9 Å². The van der Waals surface area contributed by atoms with E-state index in [0.29, 0.717) is 0 Å².